The topological polar surface area (TPSA) is 57.8 Å². The van der Waals surface area contributed by atoms with Gasteiger partial charge in [-0.3, -0.25) is 4.79 Å². The van der Waals surface area contributed by atoms with Crippen molar-refractivity contribution in [2.45, 2.75) is 43.8 Å². The van der Waals surface area contributed by atoms with Crippen LogP contribution >= 0.6 is 11.8 Å². The van der Waals surface area contributed by atoms with E-state index < -0.39 is 0 Å². The van der Waals surface area contributed by atoms with Gasteiger partial charge in [-0.05, 0) is 37.5 Å². The summed E-state index contributed by atoms with van der Waals surface area (Å²) in [6, 6.07) is 6.51. The van der Waals surface area contributed by atoms with Gasteiger partial charge in [-0.15, -0.1) is 0 Å². The maximum absolute atomic E-state index is 11.9. The fraction of sp³-hybridized carbons (Fsp3) is 0.467. The molecule has 1 aliphatic carbocycles. The van der Waals surface area contributed by atoms with Crippen LogP contribution in [0.1, 0.15) is 31.2 Å². The zero-order valence-electron chi connectivity index (χ0n) is 11.6. The summed E-state index contributed by atoms with van der Waals surface area (Å²) >= 11 is 1.46. The zero-order chi connectivity index (χ0) is 13.9. The third kappa shape index (κ3) is 3.15. The Bertz CT molecular complexity index is 617. The smallest absolute Gasteiger partial charge is 0.230 e. The third-order valence-electron chi connectivity index (χ3n) is 3.68. The van der Waals surface area contributed by atoms with Crippen LogP contribution in [0.2, 0.25) is 0 Å². The van der Waals surface area contributed by atoms with Crippen LogP contribution in [0.5, 0.6) is 0 Å². The molecule has 0 spiro atoms. The maximum atomic E-state index is 11.9. The monoisotopic (exact) mass is 289 g/mol. The van der Waals surface area contributed by atoms with Crippen LogP contribution in [0.3, 0.4) is 0 Å². The molecule has 20 heavy (non-hydrogen) atoms. The van der Waals surface area contributed by atoms with Gasteiger partial charge in [-0.1, -0.05) is 30.7 Å². The molecule has 1 saturated carbocycles. The molecule has 2 aromatic rings. The van der Waals surface area contributed by atoms with Crippen molar-refractivity contribution in [1.29, 1.82) is 0 Å². The number of carbonyl (C=O) groups is 1. The van der Waals surface area contributed by atoms with Gasteiger partial charge in [0.25, 0.3) is 0 Å². The van der Waals surface area contributed by atoms with E-state index in [1.165, 1.54) is 30.2 Å². The zero-order valence-corrected chi connectivity index (χ0v) is 12.4. The fourth-order valence-corrected chi connectivity index (χ4v) is 3.34. The van der Waals surface area contributed by atoms with E-state index in [-0.39, 0.29) is 5.91 Å². The summed E-state index contributed by atoms with van der Waals surface area (Å²) in [6.07, 6.45) is 4.72. The van der Waals surface area contributed by atoms with Crippen molar-refractivity contribution in [2.24, 2.45) is 0 Å². The van der Waals surface area contributed by atoms with Gasteiger partial charge in [0.15, 0.2) is 5.16 Å². The van der Waals surface area contributed by atoms with E-state index in [1.54, 1.807) is 0 Å². The molecule has 1 aromatic heterocycles. The molecule has 3 rings (SSSR count). The number of aromatic nitrogens is 2. The second-order valence-electron chi connectivity index (χ2n) is 5.40. The molecule has 1 aliphatic rings. The van der Waals surface area contributed by atoms with Gasteiger partial charge >= 0.3 is 0 Å². The number of thioether (sulfide) groups is 1. The Balaban J connectivity index is 1.57. The minimum absolute atomic E-state index is 0.110. The number of hydrogen-bond donors (Lipinski definition) is 2. The number of imidazole rings is 1. The normalized spacial score (nSPS) is 15.8. The summed E-state index contributed by atoms with van der Waals surface area (Å²) in [7, 11) is 0. The van der Waals surface area contributed by atoms with Crippen molar-refractivity contribution in [3.05, 3.63) is 23.8 Å². The number of hydrogen-bond acceptors (Lipinski definition) is 3. The molecule has 1 fully saturated rings. The van der Waals surface area contributed by atoms with E-state index in [9.17, 15) is 4.79 Å². The SMILES string of the molecule is Cc1ccc2nc(SCC(=O)NC3CCCC3)[nH]c2c1. The van der Waals surface area contributed by atoms with Crippen molar-refractivity contribution < 1.29 is 4.79 Å². The summed E-state index contributed by atoms with van der Waals surface area (Å²) in [6.45, 7) is 2.06. The lowest BCUT2D eigenvalue weighted by Crippen LogP contribution is -2.33. The van der Waals surface area contributed by atoms with Gasteiger partial charge in [0.05, 0.1) is 16.8 Å². The number of aryl methyl sites for hydroxylation is 1. The highest BCUT2D eigenvalue weighted by Crippen LogP contribution is 2.21. The lowest BCUT2D eigenvalue weighted by Gasteiger charge is -2.10. The molecular weight excluding hydrogens is 270 g/mol. The number of H-pyrrole nitrogens is 1. The Kier molecular flexibility index (Phi) is 3.96. The van der Waals surface area contributed by atoms with E-state index in [0.29, 0.717) is 11.8 Å². The molecule has 0 bridgehead atoms. The number of aromatic amines is 1. The second kappa shape index (κ2) is 5.87. The maximum Gasteiger partial charge on any atom is 0.230 e. The molecule has 0 aliphatic heterocycles. The van der Waals surface area contributed by atoms with Crippen molar-refractivity contribution in [1.82, 2.24) is 15.3 Å². The van der Waals surface area contributed by atoms with Gasteiger partial charge in [0, 0.05) is 6.04 Å². The summed E-state index contributed by atoms with van der Waals surface area (Å²) in [5.41, 5.74) is 3.19. The Labute approximate surface area is 122 Å². The number of nitrogens with one attached hydrogen (secondary N) is 2. The highest BCUT2D eigenvalue weighted by molar-refractivity contribution is 7.99. The van der Waals surface area contributed by atoms with Crippen LogP contribution in [-0.2, 0) is 4.79 Å². The van der Waals surface area contributed by atoms with Gasteiger partial charge in [0.2, 0.25) is 5.91 Å². The Morgan fingerprint density at radius 3 is 3.05 bits per heavy atom. The molecule has 2 N–H and O–H groups in total. The lowest BCUT2D eigenvalue weighted by molar-refractivity contribution is -0.119. The largest absolute Gasteiger partial charge is 0.353 e. The van der Waals surface area contributed by atoms with E-state index >= 15 is 0 Å². The number of rotatable bonds is 4. The van der Waals surface area contributed by atoms with E-state index in [2.05, 4.69) is 28.3 Å². The molecule has 5 heteroatoms. The summed E-state index contributed by atoms with van der Waals surface area (Å²) in [4.78, 5) is 19.6. The predicted molar refractivity (Wildman–Crippen MR) is 82.0 cm³/mol. The first-order valence-electron chi connectivity index (χ1n) is 7.09. The van der Waals surface area contributed by atoms with Crippen LogP contribution in [0.15, 0.2) is 23.4 Å². The van der Waals surface area contributed by atoms with E-state index in [1.807, 2.05) is 12.1 Å². The molecule has 106 valence electrons. The molecule has 0 unspecified atom stereocenters. The minimum atomic E-state index is 0.110. The van der Waals surface area contributed by atoms with Crippen LogP contribution in [-0.4, -0.2) is 27.7 Å². The molecule has 4 nitrogen and oxygen atoms in total. The number of carbonyl (C=O) groups excluding carboxylic acids is 1. The second-order valence-corrected chi connectivity index (χ2v) is 6.36. The molecule has 1 amide bonds. The van der Waals surface area contributed by atoms with Crippen LogP contribution in [0.25, 0.3) is 11.0 Å². The molecule has 0 radical (unpaired) electrons. The van der Waals surface area contributed by atoms with Crippen molar-refractivity contribution >= 4 is 28.7 Å². The van der Waals surface area contributed by atoms with Crippen LogP contribution < -0.4 is 5.32 Å². The number of fused-ring (bicyclic) bond motifs is 1. The third-order valence-corrected chi connectivity index (χ3v) is 4.55. The molecule has 0 saturated heterocycles. The number of amides is 1. The Morgan fingerprint density at radius 2 is 2.25 bits per heavy atom. The van der Waals surface area contributed by atoms with Crippen molar-refractivity contribution in [3.8, 4) is 0 Å². The fourth-order valence-electron chi connectivity index (χ4n) is 2.64. The van der Waals surface area contributed by atoms with Crippen LogP contribution in [0, 0.1) is 6.92 Å². The first kappa shape index (κ1) is 13.5. The van der Waals surface area contributed by atoms with Gasteiger partial charge in [-0.2, -0.15) is 0 Å². The first-order valence-corrected chi connectivity index (χ1v) is 8.08. The highest BCUT2D eigenvalue weighted by Gasteiger charge is 2.17. The summed E-state index contributed by atoms with van der Waals surface area (Å²) in [5, 5.41) is 3.90. The molecule has 1 aromatic carbocycles. The van der Waals surface area contributed by atoms with Crippen LogP contribution in [0.4, 0.5) is 0 Å². The van der Waals surface area contributed by atoms with E-state index in [4.69, 9.17) is 0 Å². The Morgan fingerprint density at radius 1 is 1.45 bits per heavy atom. The summed E-state index contributed by atoms with van der Waals surface area (Å²) < 4.78 is 0. The number of nitrogens with zero attached hydrogens (tertiary/aromatic N) is 1. The Hall–Kier alpha value is -1.49. The lowest BCUT2D eigenvalue weighted by atomic mass is 10.2. The summed E-state index contributed by atoms with van der Waals surface area (Å²) in [5.74, 6) is 0.536. The van der Waals surface area contributed by atoms with Gasteiger partial charge < -0.3 is 10.3 Å². The average molecular weight is 289 g/mol. The van der Waals surface area contributed by atoms with Gasteiger partial charge in [-0.25, -0.2) is 4.98 Å². The average Bonchev–Trinajstić information content (AvgIpc) is 3.04. The highest BCUT2D eigenvalue weighted by atomic mass is 32.2. The van der Waals surface area contributed by atoms with Crippen molar-refractivity contribution in [2.75, 3.05) is 5.75 Å². The standard InChI is InChI=1S/C15H19N3OS/c1-10-6-7-12-13(8-10)18-15(17-12)20-9-14(19)16-11-4-2-3-5-11/h6-8,11H,2-5,9H2,1H3,(H,16,19)(H,17,18). The predicted octanol–water partition coefficient (Wildman–Crippen LogP) is 3.02. The molecule has 0 atom stereocenters. The minimum Gasteiger partial charge on any atom is -0.353 e. The van der Waals surface area contributed by atoms with E-state index in [0.717, 1.165) is 29.0 Å². The molecule has 1 heterocycles. The quantitative estimate of drug-likeness (QED) is 0.851. The number of benzene rings is 1. The molecular formula is C15H19N3OS. The first-order chi connectivity index (χ1) is 9.70. The van der Waals surface area contributed by atoms with Gasteiger partial charge in [0.1, 0.15) is 0 Å². The van der Waals surface area contributed by atoms with Crippen molar-refractivity contribution in [3.63, 3.8) is 0 Å².